The van der Waals surface area contributed by atoms with Crippen molar-refractivity contribution in [2.45, 2.75) is 31.6 Å². The highest BCUT2D eigenvalue weighted by molar-refractivity contribution is 7.92. The molecule has 1 aliphatic heterocycles. The Balaban J connectivity index is 1.63. The van der Waals surface area contributed by atoms with Crippen LogP contribution in [0.15, 0.2) is 71.6 Å². The number of ether oxygens (including phenoxy) is 1. The maximum absolute atomic E-state index is 13.6. The average molecular weight is 508 g/mol. The van der Waals surface area contributed by atoms with Gasteiger partial charge in [-0.3, -0.25) is 13.9 Å². The number of rotatable bonds is 8. The van der Waals surface area contributed by atoms with E-state index in [1.165, 1.54) is 19.2 Å². The minimum absolute atomic E-state index is 0.0665. The molecule has 188 valence electrons. The van der Waals surface area contributed by atoms with Crippen LogP contribution in [-0.2, 0) is 19.6 Å². The van der Waals surface area contributed by atoms with Gasteiger partial charge in [-0.15, -0.1) is 0 Å². The smallest absolute Gasteiger partial charge is 0.264 e. The van der Waals surface area contributed by atoms with Crippen LogP contribution >= 0.6 is 0 Å². The van der Waals surface area contributed by atoms with Gasteiger partial charge in [0, 0.05) is 24.3 Å². The van der Waals surface area contributed by atoms with Gasteiger partial charge >= 0.3 is 0 Å². The van der Waals surface area contributed by atoms with E-state index in [2.05, 4.69) is 5.32 Å². The van der Waals surface area contributed by atoms with Crippen molar-refractivity contribution in [1.29, 1.82) is 0 Å². The predicted octanol–water partition coefficient (Wildman–Crippen LogP) is 4.27. The van der Waals surface area contributed by atoms with Crippen LogP contribution in [0.2, 0.25) is 0 Å². The minimum Gasteiger partial charge on any atom is -0.495 e. The SMILES string of the molecule is COc1ccc(C)cc1N(CC(=O)Nc1ccc(N2CCCC2=O)c(C)c1)S(=O)(=O)c1ccccc1. The van der Waals surface area contributed by atoms with Crippen LogP contribution in [0.3, 0.4) is 0 Å². The van der Waals surface area contributed by atoms with Gasteiger partial charge in [0.25, 0.3) is 10.0 Å². The molecule has 0 bridgehead atoms. The second-order valence-corrected chi connectivity index (χ2v) is 10.6. The zero-order chi connectivity index (χ0) is 25.9. The lowest BCUT2D eigenvalue weighted by Crippen LogP contribution is -2.38. The molecule has 0 saturated carbocycles. The van der Waals surface area contributed by atoms with Gasteiger partial charge in [0.1, 0.15) is 12.3 Å². The van der Waals surface area contributed by atoms with E-state index in [0.29, 0.717) is 24.4 Å². The zero-order valence-corrected chi connectivity index (χ0v) is 21.3. The van der Waals surface area contributed by atoms with Crippen molar-refractivity contribution in [2.24, 2.45) is 0 Å². The Labute approximate surface area is 211 Å². The van der Waals surface area contributed by atoms with E-state index >= 15 is 0 Å². The molecule has 2 amide bonds. The Hall–Kier alpha value is -3.85. The van der Waals surface area contributed by atoms with Crippen molar-refractivity contribution in [3.05, 3.63) is 77.9 Å². The van der Waals surface area contributed by atoms with E-state index < -0.39 is 22.5 Å². The fourth-order valence-corrected chi connectivity index (χ4v) is 5.73. The molecule has 4 rings (SSSR count). The van der Waals surface area contributed by atoms with Crippen LogP contribution in [0.4, 0.5) is 17.1 Å². The van der Waals surface area contributed by atoms with Crippen molar-refractivity contribution in [3.8, 4) is 5.75 Å². The van der Waals surface area contributed by atoms with Gasteiger partial charge in [-0.1, -0.05) is 24.3 Å². The van der Waals surface area contributed by atoms with Gasteiger partial charge in [0.2, 0.25) is 11.8 Å². The lowest BCUT2D eigenvalue weighted by molar-refractivity contribution is -0.117. The number of amides is 2. The van der Waals surface area contributed by atoms with Gasteiger partial charge in [-0.2, -0.15) is 0 Å². The third-order valence-electron chi connectivity index (χ3n) is 6.07. The predicted molar refractivity (Wildman–Crippen MR) is 140 cm³/mol. The largest absolute Gasteiger partial charge is 0.495 e. The molecule has 1 saturated heterocycles. The summed E-state index contributed by atoms with van der Waals surface area (Å²) in [7, 11) is -2.62. The molecule has 0 atom stereocenters. The number of nitrogens with zero attached hydrogens (tertiary/aromatic N) is 2. The number of nitrogens with one attached hydrogen (secondary N) is 1. The topological polar surface area (TPSA) is 96.0 Å². The molecule has 36 heavy (non-hydrogen) atoms. The fraction of sp³-hybridized carbons (Fsp3) is 0.259. The van der Waals surface area contributed by atoms with Crippen LogP contribution in [0.5, 0.6) is 5.75 Å². The number of hydrogen-bond acceptors (Lipinski definition) is 5. The number of benzene rings is 3. The molecule has 1 fully saturated rings. The number of carbonyl (C=O) groups is 2. The fourth-order valence-electron chi connectivity index (χ4n) is 4.28. The lowest BCUT2D eigenvalue weighted by Gasteiger charge is -2.26. The molecular formula is C27H29N3O5S. The number of sulfonamides is 1. The molecular weight excluding hydrogens is 478 g/mol. The second kappa shape index (κ2) is 10.4. The summed E-state index contributed by atoms with van der Waals surface area (Å²) in [5.74, 6) is -0.0883. The lowest BCUT2D eigenvalue weighted by atomic mass is 10.1. The average Bonchev–Trinajstić information content (AvgIpc) is 3.28. The summed E-state index contributed by atoms with van der Waals surface area (Å²) in [5.41, 5.74) is 3.27. The molecule has 0 aromatic heterocycles. The minimum atomic E-state index is -4.07. The molecule has 0 aliphatic carbocycles. The molecule has 1 heterocycles. The number of carbonyl (C=O) groups excluding carboxylic acids is 2. The zero-order valence-electron chi connectivity index (χ0n) is 20.5. The Morgan fingerprint density at radius 3 is 2.44 bits per heavy atom. The van der Waals surface area contributed by atoms with Crippen molar-refractivity contribution in [2.75, 3.05) is 34.7 Å². The van der Waals surface area contributed by atoms with Crippen molar-refractivity contribution < 1.29 is 22.7 Å². The third kappa shape index (κ3) is 5.21. The van der Waals surface area contributed by atoms with Gasteiger partial charge in [-0.05, 0) is 73.9 Å². The normalized spacial score (nSPS) is 13.5. The van der Waals surface area contributed by atoms with Crippen molar-refractivity contribution in [3.63, 3.8) is 0 Å². The van der Waals surface area contributed by atoms with E-state index in [4.69, 9.17) is 4.74 Å². The quantitative estimate of drug-likeness (QED) is 0.491. The van der Waals surface area contributed by atoms with Gasteiger partial charge in [0.15, 0.2) is 0 Å². The summed E-state index contributed by atoms with van der Waals surface area (Å²) in [5, 5.41) is 2.80. The van der Waals surface area contributed by atoms with E-state index in [0.717, 1.165) is 27.5 Å². The van der Waals surface area contributed by atoms with E-state index in [9.17, 15) is 18.0 Å². The summed E-state index contributed by atoms with van der Waals surface area (Å²) in [6, 6.07) is 18.4. The Morgan fingerprint density at radius 1 is 1.06 bits per heavy atom. The molecule has 9 heteroatoms. The van der Waals surface area contributed by atoms with E-state index in [1.807, 2.05) is 19.9 Å². The maximum atomic E-state index is 13.6. The highest BCUT2D eigenvalue weighted by Crippen LogP contribution is 2.33. The first kappa shape index (κ1) is 25.2. The number of aryl methyl sites for hydroxylation is 2. The molecule has 1 aliphatic rings. The maximum Gasteiger partial charge on any atom is 0.264 e. The number of methoxy groups -OCH3 is 1. The summed E-state index contributed by atoms with van der Waals surface area (Å²) in [6.07, 6.45) is 1.36. The van der Waals surface area contributed by atoms with Gasteiger partial charge < -0.3 is 15.0 Å². The molecule has 0 spiro atoms. The number of hydrogen-bond donors (Lipinski definition) is 1. The second-order valence-electron chi connectivity index (χ2n) is 8.70. The summed E-state index contributed by atoms with van der Waals surface area (Å²) in [6.45, 7) is 3.94. The third-order valence-corrected chi connectivity index (χ3v) is 7.84. The van der Waals surface area contributed by atoms with E-state index in [1.54, 1.807) is 53.4 Å². The Morgan fingerprint density at radius 2 is 1.81 bits per heavy atom. The molecule has 8 nitrogen and oxygen atoms in total. The summed E-state index contributed by atoms with van der Waals surface area (Å²) in [4.78, 5) is 27.1. The first-order valence-corrected chi connectivity index (χ1v) is 13.1. The van der Waals surface area contributed by atoms with Crippen molar-refractivity contribution >= 4 is 38.9 Å². The first-order chi connectivity index (χ1) is 17.2. The standard InChI is InChI=1S/C27H29N3O5S/c1-19-11-14-25(35-3)24(16-19)30(36(33,34)22-8-5-4-6-9-22)18-26(31)28-21-12-13-23(20(2)17-21)29-15-7-10-27(29)32/h4-6,8-9,11-14,16-17H,7,10,15,18H2,1-3H3,(H,28,31). The Kier molecular flexibility index (Phi) is 7.30. The highest BCUT2D eigenvalue weighted by Gasteiger charge is 2.30. The molecule has 3 aromatic rings. The van der Waals surface area contributed by atoms with Crippen LogP contribution in [0.25, 0.3) is 0 Å². The Bertz CT molecular complexity index is 1390. The molecule has 0 unspecified atom stereocenters. The van der Waals surface area contributed by atoms with Crippen LogP contribution in [0.1, 0.15) is 24.0 Å². The van der Waals surface area contributed by atoms with Gasteiger partial charge in [-0.25, -0.2) is 8.42 Å². The van der Waals surface area contributed by atoms with Gasteiger partial charge in [0.05, 0.1) is 17.7 Å². The monoisotopic (exact) mass is 507 g/mol. The highest BCUT2D eigenvalue weighted by atomic mass is 32.2. The van der Waals surface area contributed by atoms with Crippen LogP contribution in [0, 0.1) is 13.8 Å². The number of anilines is 3. The van der Waals surface area contributed by atoms with E-state index in [-0.39, 0.29) is 16.5 Å². The summed E-state index contributed by atoms with van der Waals surface area (Å²) >= 11 is 0. The molecule has 3 aromatic carbocycles. The first-order valence-electron chi connectivity index (χ1n) is 11.6. The molecule has 0 radical (unpaired) electrons. The molecule has 1 N–H and O–H groups in total. The van der Waals surface area contributed by atoms with Crippen LogP contribution in [-0.4, -0.2) is 40.4 Å². The summed E-state index contributed by atoms with van der Waals surface area (Å²) < 4.78 is 33.8. The van der Waals surface area contributed by atoms with Crippen molar-refractivity contribution in [1.82, 2.24) is 0 Å². The van der Waals surface area contributed by atoms with Crippen LogP contribution < -0.4 is 19.3 Å².